The quantitative estimate of drug-likeness (QED) is 0.843. The van der Waals surface area contributed by atoms with Crippen LogP contribution in [0, 0.1) is 13.8 Å². The summed E-state index contributed by atoms with van der Waals surface area (Å²) in [5, 5.41) is 3.54. The molecule has 0 aromatic heterocycles. The highest BCUT2D eigenvalue weighted by Gasteiger charge is 2.16. The number of ether oxygens (including phenoxy) is 1. The zero-order valence-electron chi connectivity index (χ0n) is 10.5. The zero-order chi connectivity index (χ0) is 11.5. The third-order valence-electron chi connectivity index (χ3n) is 3.55. The number of hydrogen-bond acceptors (Lipinski definition) is 2. The first kappa shape index (κ1) is 11.5. The van der Waals surface area contributed by atoms with Crippen molar-refractivity contribution in [3.8, 4) is 5.75 Å². The molecule has 0 bridgehead atoms. The molecule has 1 aliphatic rings. The van der Waals surface area contributed by atoms with Crippen molar-refractivity contribution < 1.29 is 4.74 Å². The SMILES string of the molecule is COc1c(C)ccc(CC2CCCN2)c1C. The molecule has 2 heteroatoms. The fourth-order valence-corrected chi connectivity index (χ4v) is 2.60. The first-order chi connectivity index (χ1) is 7.72. The van der Waals surface area contributed by atoms with Crippen LogP contribution in [0.5, 0.6) is 5.75 Å². The van der Waals surface area contributed by atoms with Crippen LogP contribution < -0.4 is 10.1 Å². The summed E-state index contributed by atoms with van der Waals surface area (Å²) in [7, 11) is 1.76. The molecule has 2 rings (SSSR count). The summed E-state index contributed by atoms with van der Waals surface area (Å²) in [6.45, 7) is 5.44. The summed E-state index contributed by atoms with van der Waals surface area (Å²) in [5.74, 6) is 1.05. The van der Waals surface area contributed by atoms with Gasteiger partial charge in [0, 0.05) is 6.04 Å². The molecule has 0 aliphatic carbocycles. The number of rotatable bonds is 3. The summed E-state index contributed by atoms with van der Waals surface area (Å²) >= 11 is 0. The Hall–Kier alpha value is -1.02. The summed E-state index contributed by atoms with van der Waals surface area (Å²) in [5.41, 5.74) is 3.95. The highest BCUT2D eigenvalue weighted by Crippen LogP contribution is 2.27. The molecule has 1 aromatic carbocycles. The molecule has 88 valence electrons. The Morgan fingerprint density at radius 1 is 1.38 bits per heavy atom. The van der Waals surface area contributed by atoms with Crippen molar-refractivity contribution in [1.82, 2.24) is 5.32 Å². The molecule has 1 N–H and O–H groups in total. The van der Waals surface area contributed by atoms with Gasteiger partial charge in [-0.2, -0.15) is 0 Å². The van der Waals surface area contributed by atoms with Crippen LogP contribution in [0.25, 0.3) is 0 Å². The van der Waals surface area contributed by atoms with E-state index in [1.165, 1.54) is 36.1 Å². The first-order valence-corrected chi connectivity index (χ1v) is 6.09. The van der Waals surface area contributed by atoms with Gasteiger partial charge in [-0.15, -0.1) is 0 Å². The Morgan fingerprint density at radius 2 is 2.19 bits per heavy atom. The Kier molecular flexibility index (Phi) is 3.49. The van der Waals surface area contributed by atoms with Gasteiger partial charge in [-0.05, 0) is 56.3 Å². The van der Waals surface area contributed by atoms with Crippen molar-refractivity contribution >= 4 is 0 Å². The molecule has 1 atom stereocenters. The number of methoxy groups -OCH3 is 1. The minimum atomic E-state index is 0.658. The Bertz CT molecular complexity index is 367. The fourth-order valence-electron chi connectivity index (χ4n) is 2.60. The third kappa shape index (κ3) is 2.22. The van der Waals surface area contributed by atoms with Crippen molar-refractivity contribution in [2.24, 2.45) is 0 Å². The second kappa shape index (κ2) is 4.88. The van der Waals surface area contributed by atoms with E-state index in [2.05, 4.69) is 31.3 Å². The first-order valence-electron chi connectivity index (χ1n) is 6.09. The van der Waals surface area contributed by atoms with Gasteiger partial charge in [-0.1, -0.05) is 12.1 Å². The van der Waals surface area contributed by atoms with E-state index in [0.29, 0.717) is 6.04 Å². The lowest BCUT2D eigenvalue weighted by molar-refractivity contribution is 0.407. The maximum absolute atomic E-state index is 5.46. The number of nitrogens with one attached hydrogen (secondary N) is 1. The van der Waals surface area contributed by atoms with Gasteiger partial charge in [0.25, 0.3) is 0 Å². The van der Waals surface area contributed by atoms with Gasteiger partial charge >= 0.3 is 0 Å². The van der Waals surface area contributed by atoms with E-state index in [9.17, 15) is 0 Å². The van der Waals surface area contributed by atoms with Crippen molar-refractivity contribution in [2.75, 3.05) is 13.7 Å². The van der Waals surface area contributed by atoms with Crippen molar-refractivity contribution in [3.05, 3.63) is 28.8 Å². The average molecular weight is 219 g/mol. The van der Waals surface area contributed by atoms with Crippen LogP contribution in [-0.4, -0.2) is 19.7 Å². The summed E-state index contributed by atoms with van der Waals surface area (Å²) in [6, 6.07) is 5.06. The van der Waals surface area contributed by atoms with E-state index in [1.54, 1.807) is 7.11 Å². The predicted octanol–water partition coefficient (Wildman–Crippen LogP) is 2.61. The van der Waals surface area contributed by atoms with Crippen LogP contribution in [0.3, 0.4) is 0 Å². The fraction of sp³-hybridized carbons (Fsp3) is 0.571. The molecular weight excluding hydrogens is 198 g/mol. The minimum Gasteiger partial charge on any atom is -0.496 e. The van der Waals surface area contributed by atoms with E-state index in [-0.39, 0.29) is 0 Å². The van der Waals surface area contributed by atoms with Gasteiger partial charge in [0.15, 0.2) is 0 Å². The Balaban J connectivity index is 2.20. The second-order valence-electron chi connectivity index (χ2n) is 4.70. The molecule has 2 nitrogen and oxygen atoms in total. The lowest BCUT2D eigenvalue weighted by Gasteiger charge is -2.16. The maximum atomic E-state index is 5.46. The molecule has 1 fully saturated rings. The lowest BCUT2D eigenvalue weighted by Crippen LogP contribution is -2.24. The van der Waals surface area contributed by atoms with Gasteiger partial charge in [-0.3, -0.25) is 0 Å². The molecule has 1 saturated heterocycles. The van der Waals surface area contributed by atoms with Crippen LogP contribution in [0.4, 0.5) is 0 Å². The largest absolute Gasteiger partial charge is 0.496 e. The number of hydrogen-bond donors (Lipinski definition) is 1. The van der Waals surface area contributed by atoms with Gasteiger partial charge in [0.1, 0.15) is 5.75 Å². The molecule has 0 saturated carbocycles. The molecule has 0 amide bonds. The lowest BCUT2D eigenvalue weighted by atomic mass is 9.97. The third-order valence-corrected chi connectivity index (χ3v) is 3.55. The normalized spacial score (nSPS) is 20.1. The topological polar surface area (TPSA) is 21.3 Å². The van der Waals surface area contributed by atoms with Crippen LogP contribution in [0.2, 0.25) is 0 Å². The van der Waals surface area contributed by atoms with Gasteiger partial charge in [-0.25, -0.2) is 0 Å². The zero-order valence-corrected chi connectivity index (χ0v) is 10.5. The Labute approximate surface area is 98.0 Å². The van der Waals surface area contributed by atoms with E-state index in [1.807, 2.05) is 0 Å². The van der Waals surface area contributed by atoms with Crippen LogP contribution >= 0.6 is 0 Å². The van der Waals surface area contributed by atoms with Gasteiger partial charge in [0.2, 0.25) is 0 Å². The van der Waals surface area contributed by atoms with Gasteiger partial charge < -0.3 is 10.1 Å². The van der Waals surface area contributed by atoms with Crippen molar-refractivity contribution in [3.63, 3.8) is 0 Å². The number of benzene rings is 1. The Morgan fingerprint density at radius 3 is 2.81 bits per heavy atom. The summed E-state index contributed by atoms with van der Waals surface area (Å²) in [6.07, 6.45) is 3.74. The van der Waals surface area contributed by atoms with E-state index in [4.69, 9.17) is 4.74 Å². The molecule has 16 heavy (non-hydrogen) atoms. The van der Waals surface area contributed by atoms with Crippen molar-refractivity contribution in [2.45, 2.75) is 39.2 Å². The van der Waals surface area contributed by atoms with E-state index in [0.717, 1.165) is 12.2 Å². The smallest absolute Gasteiger partial charge is 0.124 e. The predicted molar refractivity (Wildman–Crippen MR) is 67.2 cm³/mol. The summed E-state index contributed by atoms with van der Waals surface area (Å²) < 4.78 is 5.46. The molecule has 1 heterocycles. The number of aryl methyl sites for hydroxylation is 1. The molecular formula is C14H21NO. The van der Waals surface area contributed by atoms with Crippen molar-refractivity contribution in [1.29, 1.82) is 0 Å². The molecule has 0 radical (unpaired) electrons. The molecule has 1 unspecified atom stereocenters. The second-order valence-corrected chi connectivity index (χ2v) is 4.70. The highest BCUT2D eigenvalue weighted by molar-refractivity contribution is 5.45. The molecule has 0 spiro atoms. The molecule has 1 aliphatic heterocycles. The van der Waals surface area contributed by atoms with Crippen LogP contribution in [0.15, 0.2) is 12.1 Å². The molecule has 1 aromatic rings. The minimum absolute atomic E-state index is 0.658. The van der Waals surface area contributed by atoms with Crippen LogP contribution in [0.1, 0.15) is 29.5 Å². The van der Waals surface area contributed by atoms with E-state index >= 15 is 0 Å². The van der Waals surface area contributed by atoms with Gasteiger partial charge in [0.05, 0.1) is 7.11 Å². The highest BCUT2D eigenvalue weighted by atomic mass is 16.5. The maximum Gasteiger partial charge on any atom is 0.124 e. The average Bonchev–Trinajstić information content (AvgIpc) is 2.76. The standard InChI is InChI=1S/C14H21NO/c1-10-6-7-12(11(2)14(10)16-3)9-13-5-4-8-15-13/h6-7,13,15H,4-5,8-9H2,1-3H3. The van der Waals surface area contributed by atoms with E-state index < -0.39 is 0 Å². The summed E-state index contributed by atoms with van der Waals surface area (Å²) in [4.78, 5) is 0. The monoisotopic (exact) mass is 219 g/mol. The van der Waals surface area contributed by atoms with Crippen LogP contribution in [-0.2, 0) is 6.42 Å².